The minimum absolute atomic E-state index is 0.0222. The molecule has 32 heavy (non-hydrogen) atoms. The Kier molecular flexibility index (Phi) is 4.99. The van der Waals surface area contributed by atoms with Crippen LogP contribution in [0, 0.1) is 18.3 Å². The Balaban J connectivity index is 1.41. The predicted octanol–water partition coefficient (Wildman–Crippen LogP) is 3.69. The zero-order valence-corrected chi connectivity index (χ0v) is 17.7. The van der Waals surface area contributed by atoms with Crippen molar-refractivity contribution >= 4 is 17.6 Å². The van der Waals surface area contributed by atoms with Gasteiger partial charge < -0.3 is 14.7 Å². The van der Waals surface area contributed by atoms with Crippen LogP contribution in [0.4, 0.5) is 17.6 Å². The Labute approximate surface area is 184 Å². The molecule has 0 aliphatic carbocycles. The summed E-state index contributed by atoms with van der Waals surface area (Å²) in [4.78, 5) is 15.6. The maximum absolute atomic E-state index is 9.32. The van der Waals surface area contributed by atoms with Crippen LogP contribution in [-0.2, 0) is 6.42 Å². The van der Waals surface area contributed by atoms with Crippen LogP contribution in [0.25, 0.3) is 11.3 Å². The van der Waals surface area contributed by atoms with Crippen LogP contribution in [0.5, 0.6) is 0 Å². The van der Waals surface area contributed by atoms with Crippen LogP contribution in [0.1, 0.15) is 42.2 Å². The van der Waals surface area contributed by atoms with Crippen LogP contribution in [-0.4, -0.2) is 36.9 Å². The number of H-pyrrole nitrogens is 1. The Bertz CT molecular complexity index is 1300. The summed E-state index contributed by atoms with van der Waals surface area (Å²) in [5.74, 6) is 2.74. The predicted molar refractivity (Wildman–Crippen MR) is 117 cm³/mol. The van der Waals surface area contributed by atoms with Crippen molar-refractivity contribution in [3.8, 4) is 17.3 Å². The molecule has 4 aromatic heterocycles. The number of hydrogen-bond acceptors (Lipinski definition) is 9. The van der Waals surface area contributed by atoms with Gasteiger partial charge in [0.1, 0.15) is 23.3 Å². The third kappa shape index (κ3) is 3.65. The quantitative estimate of drug-likeness (QED) is 0.472. The molecule has 0 bridgehead atoms. The molecular formula is C22H21N9O. The lowest BCUT2D eigenvalue weighted by Gasteiger charge is -2.39. The lowest BCUT2D eigenvalue weighted by molar-refractivity contribution is 0.315. The number of nitrogens with zero attached hydrogens (tertiary/aromatic N) is 7. The van der Waals surface area contributed by atoms with E-state index >= 15 is 0 Å². The summed E-state index contributed by atoms with van der Waals surface area (Å²) in [7, 11) is 0. The van der Waals surface area contributed by atoms with Crippen molar-refractivity contribution < 1.29 is 4.52 Å². The minimum Gasteiger partial charge on any atom is -0.359 e. The van der Waals surface area contributed by atoms with E-state index in [0.717, 1.165) is 30.8 Å². The first-order valence-corrected chi connectivity index (χ1v) is 10.4. The van der Waals surface area contributed by atoms with Gasteiger partial charge >= 0.3 is 0 Å². The highest BCUT2D eigenvalue weighted by Crippen LogP contribution is 2.38. The standard InChI is InChI=1S/C22H21N9O/c1-3-14-10-20(26-21-9-13(2)28-29-21)27-22(25-14)31-8-6-18(31)19-11-16(30-32-19)15-5-4-7-24-17(15)12-23/h4-5,7,9-11,18H,3,6,8H2,1-2H3,(H2,25,26,27,28,29)/t18-/m0/s1. The fourth-order valence-electron chi connectivity index (χ4n) is 3.67. The van der Waals surface area contributed by atoms with E-state index in [4.69, 9.17) is 14.5 Å². The highest BCUT2D eigenvalue weighted by molar-refractivity contribution is 5.65. The molecule has 5 heterocycles. The molecule has 1 aliphatic rings. The maximum Gasteiger partial charge on any atom is 0.228 e. The van der Waals surface area contributed by atoms with Gasteiger partial charge in [-0.05, 0) is 31.9 Å². The first-order valence-electron chi connectivity index (χ1n) is 10.4. The largest absolute Gasteiger partial charge is 0.359 e. The molecule has 0 amide bonds. The van der Waals surface area contributed by atoms with E-state index in [1.807, 2.05) is 31.2 Å². The Morgan fingerprint density at radius 2 is 2.19 bits per heavy atom. The molecule has 0 spiro atoms. The summed E-state index contributed by atoms with van der Waals surface area (Å²) < 4.78 is 5.65. The van der Waals surface area contributed by atoms with Crippen LogP contribution in [0.15, 0.2) is 41.1 Å². The average Bonchev–Trinajstić information content (AvgIpc) is 3.42. The fraction of sp³-hybridized carbons (Fsp3) is 0.273. The van der Waals surface area contributed by atoms with E-state index in [1.54, 1.807) is 12.3 Å². The second-order valence-corrected chi connectivity index (χ2v) is 7.58. The normalized spacial score (nSPS) is 15.3. The van der Waals surface area contributed by atoms with Gasteiger partial charge in [-0.2, -0.15) is 15.3 Å². The number of aryl methyl sites for hydroxylation is 2. The number of aromatic amines is 1. The summed E-state index contributed by atoms with van der Waals surface area (Å²) in [5.41, 5.74) is 3.47. The molecule has 1 aliphatic heterocycles. The maximum atomic E-state index is 9.32. The van der Waals surface area contributed by atoms with E-state index in [2.05, 4.69) is 43.5 Å². The van der Waals surface area contributed by atoms with Crippen molar-refractivity contribution in [2.45, 2.75) is 32.7 Å². The molecule has 1 saturated heterocycles. The lowest BCUT2D eigenvalue weighted by atomic mass is 10.00. The van der Waals surface area contributed by atoms with Crippen LogP contribution in [0.3, 0.4) is 0 Å². The van der Waals surface area contributed by atoms with Gasteiger partial charge in [0, 0.05) is 47.9 Å². The van der Waals surface area contributed by atoms with Crippen molar-refractivity contribution in [1.82, 2.24) is 30.3 Å². The number of rotatable bonds is 6. The monoisotopic (exact) mass is 427 g/mol. The average molecular weight is 427 g/mol. The van der Waals surface area contributed by atoms with Crippen LogP contribution in [0.2, 0.25) is 0 Å². The number of nitriles is 1. The first kappa shape index (κ1) is 19.7. The molecular weight excluding hydrogens is 406 g/mol. The second kappa shape index (κ2) is 8.11. The van der Waals surface area contributed by atoms with Crippen LogP contribution >= 0.6 is 0 Å². The van der Waals surface area contributed by atoms with Crippen LogP contribution < -0.4 is 10.2 Å². The summed E-state index contributed by atoms with van der Waals surface area (Å²) >= 11 is 0. The molecule has 2 N–H and O–H groups in total. The third-order valence-corrected chi connectivity index (χ3v) is 5.41. The highest BCUT2D eigenvalue weighted by Gasteiger charge is 2.35. The Morgan fingerprint density at radius 3 is 2.91 bits per heavy atom. The molecule has 4 aromatic rings. The SMILES string of the molecule is CCc1cc(Nc2cc(C)[nH]n2)nc(N2CC[C@H]2c2cc(-c3cccnc3C#N)no2)n1. The van der Waals surface area contributed by atoms with Gasteiger partial charge in [-0.3, -0.25) is 5.10 Å². The lowest BCUT2D eigenvalue weighted by Crippen LogP contribution is -2.42. The first-order chi connectivity index (χ1) is 15.6. The molecule has 160 valence electrons. The van der Waals surface area contributed by atoms with E-state index in [0.29, 0.717) is 40.3 Å². The molecule has 0 unspecified atom stereocenters. The number of pyridine rings is 1. The number of hydrogen-bond donors (Lipinski definition) is 2. The van der Waals surface area contributed by atoms with E-state index in [9.17, 15) is 5.26 Å². The number of nitrogens with one attached hydrogen (secondary N) is 2. The van der Waals surface area contributed by atoms with Crippen molar-refractivity contribution in [3.05, 3.63) is 59.4 Å². The molecule has 0 saturated carbocycles. The summed E-state index contributed by atoms with van der Waals surface area (Å²) in [5, 5.41) is 23.9. The van der Waals surface area contributed by atoms with Crippen molar-refractivity contribution in [2.24, 2.45) is 0 Å². The molecule has 0 aromatic carbocycles. The van der Waals surface area contributed by atoms with Gasteiger partial charge in [0.15, 0.2) is 11.6 Å². The zero-order chi connectivity index (χ0) is 22.1. The third-order valence-electron chi connectivity index (χ3n) is 5.41. The smallest absolute Gasteiger partial charge is 0.228 e. The summed E-state index contributed by atoms with van der Waals surface area (Å²) in [6.45, 7) is 4.82. The summed E-state index contributed by atoms with van der Waals surface area (Å²) in [6, 6.07) is 11.4. The van der Waals surface area contributed by atoms with Gasteiger partial charge in [-0.1, -0.05) is 12.1 Å². The fourth-order valence-corrected chi connectivity index (χ4v) is 3.67. The van der Waals surface area contributed by atoms with Crippen molar-refractivity contribution in [3.63, 3.8) is 0 Å². The van der Waals surface area contributed by atoms with Gasteiger partial charge in [0.25, 0.3) is 0 Å². The molecule has 1 atom stereocenters. The van der Waals surface area contributed by atoms with Crippen molar-refractivity contribution in [1.29, 1.82) is 5.26 Å². The highest BCUT2D eigenvalue weighted by atomic mass is 16.5. The number of aromatic nitrogens is 6. The van der Waals surface area contributed by atoms with Gasteiger partial charge in [0.05, 0.1) is 6.04 Å². The number of anilines is 3. The van der Waals surface area contributed by atoms with E-state index in [-0.39, 0.29) is 6.04 Å². The van der Waals surface area contributed by atoms with Gasteiger partial charge in [0.2, 0.25) is 5.95 Å². The Hall–Kier alpha value is -4.26. The topological polar surface area (TPSA) is 132 Å². The molecule has 10 heteroatoms. The summed E-state index contributed by atoms with van der Waals surface area (Å²) in [6.07, 6.45) is 3.27. The molecule has 10 nitrogen and oxygen atoms in total. The molecule has 0 radical (unpaired) electrons. The molecule has 5 rings (SSSR count). The van der Waals surface area contributed by atoms with Crippen molar-refractivity contribution in [2.75, 3.05) is 16.8 Å². The molecule has 1 fully saturated rings. The van der Waals surface area contributed by atoms with E-state index < -0.39 is 0 Å². The Morgan fingerprint density at radius 1 is 1.28 bits per heavy atom. The second-order valence-electron chi connectivity index (χ2n) is 7.58. The van der Waals surface area contributed by atoms with E-state index in [1.165, 1.54) is 0 Å². The minimum atomic E-state index is -0.0222. The van der Waals surface area contributed by atoms with Gasteiger partial charge in [-0.15, -0.1) is 0 Å². The van der Waals surface area contributed by atoms with Gasteiger partial charge in [-0.25, -0.2) is 9.97 Å². The zero-order valence-electron chi connectivity index (χ0n) is 17.7.